The molecule has 0 amide bonds. The number of fused-ring (bicyclic) bond motifs is 2. The van der Waals surface area contributed by atoms with Gasteiger partial charge in [0.05, 0.1) is 11.7 Å². The number of anilines is 1. The third-order valence-electron chi connectivity index (χ3n) is 5.55. The zero-order valence-electron chi connectivity index (χ0n) is 14.8. The highest BCUT2D eigenvalue weighted by molar-refractivity contribution is 5.99. The lowest BCUT2D eigenvalue weighted by Gasteiger charge is -2.27. The average Bonchev–Trinajstić information content (AvgIpc) is 3.23. The van der Waals surface area contributed by atoms with Crippen LogP contribution in [0.5, 0.6) is 0 Å². The van der Waals surface area contributed by atoms with Crippen LogP contribution < -0.4 is 5.32 Å². The Bertz CT molecular complexity index is 943. The number of aromatic nitrogens is 2. The number of benzene rings is 2. The lowest BCUT2D eigenvalue weighted by Crippen LogP contribution is -2.24. The zero-order valence-corrected chi connectivity index (χ0v) is 14.8. The van der Waals surface area contributed by atoms with E-state index in [2.05, 4.69) is 59.7 Å². The number of carbonyl (C=O) groups is 1. The lowest BCUT2D eigenvalue weighted by atomic mass is 9.77. The Morgan fingerprint density at radius 2 is 2.08 bits per heavy atom. The molecule has 0 saturated heterocycles. The Labute approximate surface area is 147 Å². The van der Waals surface area contributed by atoms with E-state index in [-0.39, 0.29) is 11.7 Å². The highest BCUT2D eigenvalue weighted by Gasteiger charge is 2.36. The van der Waals surface area contributed by atoms with Crippen LogP contribution in [0.15, 0.2) is 42.6 Å². The van der Waals surface area contributed by atoms with Crippen LogP contribution in [0.2, 0.25) is 0 Å². The van der Waals surface area contributed by atoms with E-state index in [1.165, 1.54) is 11.3 Å². The molecule has 2 N–H and O–H groups in total. The van der Waals surface area contributed by atoms with E-state index in [1.807, 2.05) is 6.07 Å². The minimum absolute atomic E-state index is 0.109. The van der Waals surface area contributed by atoms with Gasteiger partial charge < -0.3 is 5.32 Å². The predicted octanol–water partition coefficient (Wildman–Crippen LogP) is 4.86. The number of ketones is 1. The van der Waals surface area contributed by atoms with E-state index in [0.717, 1.165) is 28.5 Å². The summed E-state index contributed by atoms with van der Waals surface area (Å²) in [7, 11) is 0. The van der Waals surface area contributed by atoms with E-state index in [9.17, 15) is 4.79 Å². The molecule has 25 heavy (non-hydrogen) atoms. The minimum Gasteiger partial charge on any atom is -0.381 e. The average molecular weight is 333 g/mol. The number of hydrogen-bond donors (Lipinski definition) is 2. The van der Waals surface area contributed by atoms with Gasteiger partial charge in [-0.3, -0.25) is 9.89 Å². The molecule has 2 aromatic carbocycles. The standard InChI is InChI=1S/C21H23N3O/c1-4-18-21(15-7-5-6-8-19(15)23-18)12(2)16-10-20-14(11-22-24-20)9-17(16)13(3)25/h5-12,18,21,23H,4H2,1-3H3,(H,22,24). The Hall–Kier alpha value is -2.62. The van der Waals surface area contributed by atoms with E-state index in [0.29, 0.717) is 12.0 Å². The van der Waals surface area contributed by atoms with Crippen molar-refractivity contribution in [3.63, 3.8) is 0 Å². The van der Waals surface area contributed by atoms with E-state index >= 15 is 0 Å². The summed E-state index contributed by atoms with van der Waals surface area (Å²) >= 11 is 0. The molecular weight excluding hydrogens is 310 g/mol. The van der Waals surface area contributed by atoms with Gasteiger partial charge >= 0.3 is 0 Å². The maximum Gasteiger partial charge on any atom is 0.160 e. The molecule has 0 aliphatic carbocycles. The van der Waals surface area contributed by atoms with Crippen molar-refractivity contribution in [3.8, 4) is 0 Å². The molecule has 1 aromatic heterocycles. The molecule has 4 nitrogen and oxygen atoms in total. The number of aromatic amines is 1. The fourth-order valence-corrected chi connectivity index (χ4v) is 4.28. The SMILES string of the molecule is CCC1Nc2ccccc2C1C(C)c1cc2[nH]ncc2cc1C(C)=O. The van der Waals surface area contributed by atoms with Gasteiger partial charge in [-0.15, -0.1) is 0 Å². The molecular formula is C21H23N3O. The molecule has 3 atom stereocenters. The van der Waals surface area contributed by atoms with Crippen molar-refractivity contribution in [2.45, 2.75) is 45.1 Å². The highest BCUT2D eigenvalue weighted by atomic mass is 16.1. The van der Waals surface area contributed by atoms with Crippen LogP contribution in [0.25, 0.3) is 10.9 Å². The molecule has 0 saturated carbocycles. The number of carbonyl (C=O) groups excluding carboxylic acids is 1. The van der Waals surface area contributed by atoms with Crippen molar-refractivity contribution < 1.29 is 4.79 Å². The number of para-hydroxylation sites is 1. The summed E-state index contributed by atoms with van der Waals surface area (Å²) in [5.74, 6) is 0.685. The lowest BCUT2D eigenvalue weighted by molar-refractivity contribution is 0.101. The van der Waals surface area contributed by atoms with Gasteiger partial charge in [-0.2, -0.15) is 5.10 Å². The van der Waals surface area contributed by atoms with Gasteiger partial charge in [-0.05, 0) is 48.6 Å². The smallest absolute Gasteiger partial charge is 0.160 e. The maximum absolute atomic E-state index is 12.3. The summed E-state index contributed by atoms with van der Waals surface area (Å²) in [4.78, 5) is 12.3. The van der Waals surface area contributed by atoms with Crippen LogP contribution in [0.4, 0.5) is 5.69 Å². The van der Waals surface area contributed by atoms with Crippen molar-refractivity contribution in [1.82, 2.24) is 10.2 Å². The van der Waals surface area contributed by atoms with E-state index < -0.39 is 0 Å². The first-order valence-electron chi connectivity index (χ1n) is 8.93. The minimum atomic E-state index is 0.109. The highest BCUT2D eigenvalue weighted by Crippen LogP contribution is 2.46. The molecule has 3 aromatic rings. The van der Waals surface area contributed by atoms with Gasteiger partial charge in [0.2, 0.25) is 0 Å². The number of H-pyrrole nitrogens is 1. The van der Waals surface area contributed by atoms with Gasteiger partial charge in [0, 0.05) is 28.6 Å². The van der Waals surface area contributed by atoms with Crippen LogP contribution in [0.1, 0.15) is 60.5 Å². The molecule has 0 radical (unpaired) electrons. The molecule has 1 aliphatic rings. The summed E-state index contributed by atoms with van der Waals surface area (Å²) in [6, 6.07) is 13.0. The monoisotopic (exact) mass is 333 g/mol. The Morgan fingerprint density at radius 1 is 1.28 bits per heavy atom. The molecule has 128 valence electrons. The number of rotatable bonds is 4. The third-order valence-corrected chi connectivity index (χ3v) is 5.55. The molecule has 1 aliphatic heterocycles. The van der Waals surface area contributed by atoms with Crippen LogP contribution >= 0.6 is 0 Å². The van der Waals surface area contributed by atoms with E-state index in [1.54, 1.807) is 13.1 Å². The summed E-state index contributed by atoms with van der Waals surface area (Å²) in [5, 5.41) is 11.8. The van der Waals surface area contributed by atoms with Gasteiger partial charge in [0.1, 0.15) is 0 Å². The van der Waals surface area contributed by atoms with Crippen LogP contribution in [0.3, 0.4) is 0 Å². The van der Waals surface area contributed by atoms with Crippen LogP contribution in [0, 0.1) is 0 Å². The van der Waals surface area contributed by atoms with Crippen molar-refractivity contribution in [3.05, 3.63) is 59.3 Å². The quantitative estimate of drug-likeness (QED) is 0.671. The zero-order chi connectivity index (χ0) is 17.6. The van der Waals surface area contributed by atoms with Crippen molar-refractivity contribution in [2.75, 3.05) is 5.32 Å². The number of Topliss-reactive ketones (excluding diaryl/α,β-unsaturated/α-hetero) is 1. The molecule has 0 bridgehead atoms. The molecule has 0 spiro atoms. The Kier molecular flexibility index (Phi) is 3.83. The second-order valence-corrected chi connectivity index (χ2v) is 7.01. The van der Waals surface area contributed by atoms with E-state index in [4.69, 9.17) is 0 Å². The second-order valence-electron chi connectivity index (χ2n) is 7.01. The van der Waals surface area contributed by atoms with Gasteiger partial charge in [-0.25, -0.2) is 0 Å². The van der Waals surface area contributed by atoms with Gasteiger partial charge in [0.25, 0.3) is 0 Å². The van der Waals surface area contributed by atoms with Gasteiger partial charge in [0.15, 0.2) is 5.78 Å². The van der Waals surface area contributed by atoms with Crippen LogP contribution in [-0.2, 0) is 0 Å². The number of nitrogens with one attached hydrogen (secondary N) is 2. The van der Waals surface area contributed by atoms with Crippen LogP contribution in [-0.4, -0.2) is 22.0 Å². The largest absolute Gasteiger partial charge is 0.381 e. The first kappa shape index (κ1) is 15.9. The first-order valence-corrected chi connectivity index (χ1v) is 8.93. The second kappa shape index (κ2) is 6.03. The van der Waals surface area contributed by atoms with Crippen molar-refractivity contribution in [1.29, 1.82) is 0 Å². The fourth-order valence-electron chi connectivity index (χ4n) is 4.28. The summed E-state index contributed by atoms with van der Waals surface area (Å²) in [6.45, 7) is 6.10. The number of nitrogens with zero attached hydrogens (tertiary/aromatic N) is 1. The predicted molar refractivity (Wildman–Crippen MR) is 101 cm³/mol. The normalized spacial score (nSPS) is 20.3. The summed E-state index contributed by atoms with van der Waals surface area (Å²) in [6.07, 6.45) is 2.82. The molecule has 0 fully saturated rings. The van der Waals surface area contributed by atoms with Crippen molar-refractivity contribution in [2.24, 2.45) is 0 Å². The molecule has 4 heteroatoms. The Morgan fingerprint density at radius 3 is 2.84 bits per heavy atom. The van der Waals surface area contributed by atoms with Gasteiger partial charge in [-0.1, -0.05) is 32.0 Å². The fraction of sp³-hybridized carbons (Fsp3) is 0.333. The number of hydrogen-bond acceptors (Lipinski definition) is 3. The third kappa shape index (κ3) is 2.53. The summed E-state index contributed by atoms with van der Waals surface area (Å²) < 4.78 is 0. The molecule has 4 rings (SSSR count). The van der Waals surface area contributed by atoms with Crippen molar-refractivity contribution >= 4 is 22.4 Å². The topological polar surface area (TPSA) is 57.8 Å². The maximum atomic E-state index is 12.3. The Balaban J connectivity index is 1.85. The first-order chi connectivity index (χ1) is 12.1. The molecule has 2 heterocycles. The summed E-state index contributed by atoms with van der Waals surface area (Å²) in [5.41, 5.74) is 5.46. The molecule has 3 unspecified atom stereocenters.